The lowest BCUT2D eigenvalue weighted by Gasteiger charge is -2.34. The van der Waals surface area contributed by atoms with E-state index in [1.807, 2.05) is 13.8 Å². The van der Waals surface area contributed by atoms with Crippen molar-refractivity contribution in [3.8, 4) is 0 Å². The van der Waals surface area contributed by atoms with Crippen LogP contribution in [0.3, 0.4) is 0 Å². The molecule has 0 aromatic rings. The molecule has 2 amide bonds. The molecule has 1 fully saturated rings. The van der Waals surface area contributed by atoms with E-state index in [1.54, 1.807) is 11.9 Å². The molecule has 0 unspecified atom stereocenters. The Kier molecular flexibility index (Phi) is 12.5. The fourth-order valence-corrected chi connectivity index (χ4v) is 3.88. The lowest BCUT2D eigenvalue weighted by Crippen LogP contribution is -2.51. The minimum absolute atomic E-state index is 0.0312. The lowest BCUT2D eigenvalue weighted by molar-refractivity contribution is -0.157. The Hall–Kier alpha value is -2.74. The van der Waals surface area contributed by atoms with E-state index >= 15 is 0 Å². The lowest BCUT2D eigenvalue weighted by atomic mass is 9.99. The number of hydrogen-bond donors (Lipinski definition) is 3. The summed E-state index contributed by atoms with van der Waals surface area (Å²) in [5.41, 5.74) is 13.6. The zero-order valence-electron chi connectivity index (χ0n) is 21.4. The Balaban J connectivity index is 2.44. The van der Waals surface area contributed by atoms with E-state index in [0.29, 0.717) is 49.4 Å². The maximum Gasteiger partial charge on any atom is 0.260 e. The van der Waals surface area contributed by atoms with Gasteiger partial charge in [-0.1, -0.05) is 46.6 Å². The predicted octanol–water partition coefficient (Wildman–Crippen LogP) is 3.68. The van der Waals surface area contributed by atoms with Crippen molar-refractivity contribution in [2.24, 2.45) is 17.4 Å². The normalized spacial score (nSPS) is 15.3. The van der Waals surface area contributed by atoms with E-state index < -0.39 is 6.04 Å². The van der Waals surface area contributed by atoms with Gasteiger partial charge in [0, 0.05) is 31.3 Å². The molecule has 1 saturated heterocycles. The first-order valence-corrected chi connectivity index (χ1v) is 12.2. The molecule has 5 N–H and O–H groups in total. The average Bonchev–Trinajstić information content (AvgIpc) is 3.08. The highest BCUT2D eigenvalue weighted by Gasteiger charge is 2.30. The van der Waals surface area contributed by atoms with Crippen molar-refractivity contribution < 1.29 is 14.4 Å². The summed E-state index contributed by atoms with van der Waals surface area (Å²) >= 11 is 0. The number of allylic oxidation sites excluding steroid dienone is 3. The predicted molar refractivity (Wildman–Crippen MR) is 138 cm³/mol. The summed E-state index contributed by atoms with van der Waals surface area (Å²) in [7, 11) is 1.77. The second kappa shape index (κ2) is 14.5. The van der Waals surface area contributed by atoms with Gasteiger partial charge in [-0.15, -0.1) is 5.06 Å². The summed E-state index contributed by atoms with van der Waals surface area (Å²) in [6.07, 6.45) is 6.71. The first-order chi connectivity index (χ1) is 16.0. The van der Waals surface area contributed by atoms with Crippen molar-refractivity contribution in [2.75, 3.05) is 13.6 Å². The summed E-state index contributed by atoms with van der Waals surface area (Å²) < 4.78 is 0. The zero-order chi connectivity index (χ0) is 25.8. The van der Waals surface area contributed by atoms with Gasteiger partial charge in [0.2, 0.25) is 5.91 Å². The van der Waals surface area contributed by atoms with Gasteiger partial charge >= 0.3 is 0 Å². The van der Waals surface area contributed by atoms with Gasteiger partial charge in [0.1, 0.15) is 11.8 Å². The van der Waals surface area contributed by atoms with E-state index in [4.69, 9.17) is 16.3 Å². The molecule has 2 atom stereocenters. The van der Waals surface area contributed by atoms with E-state index in [2.05, 4.69) is 31.6 Å². The minimum Gasteiger partial charge on any atom is -0.401 e. The van der Waals surface area contributed by atoms with Crippen LogP contribution in [0.1, 0.15) is 71.6 Å². The van der Waals surface area contributed by atoms with Gasteiger partial charge < -0.3 is 26.5 Å². The molecule has 0 aromatic carbocycles. The third-order valence-corrected chi connectivity index (χ3v) is 6.01. The van der Waals surface area contributed by atoms with Gasteiger partial charge in [0.25, 0.3) is 5.91 Å². The SMILES string of the molecule is C=C(CCCCCC(=C)ON1C(=C)CCC1=O)N[C@H](C(=O)N(C)[C@@H](CCCN)C(=C)N)C(C)C. The molecule has 1 heterocycles. The molecule has 8 heteroatoms. The van der Waals surface area contributed by atoms with E-state index in [1.165, 1.54) is 5.06 Å². The molecular formula is C26H45N5O3. The summed E-state index contributed by atoms with van der Waals surface area (Å²) in [6.45, 7) is 20.3. The molecular weight excluding hydrogens is 430 g/mol. The summed E-state index contributed by atoms with van der Waals surface area (Å²) in [5.74, 6) is 0.537. The standard InChI is InChI=1S/C26H45N5O3/c1-18(2)25(26(33)30(7)23(22(6)28)14-11-17-27)29-19(3)12-9-8-10-13-21(5)34-31-20(4)15-16-24(31)32/h18,23,25,29H,3-6,8-17,27-28H2,1-2,7H3/t23-,25-/m0/s1. The third-order valence-electron chi connectivity index (χ3n) is 6.01. The van der Waals surface area contributed by atoms with Crippen LogP contribution < -0.4 is 16.8 Å². The molecule has 8 nitrogen and oxygen atoms in total. The number of likely N-dealkylation sites (N-methyl/N-ethyl adjacent to an activating group) is 1. The van der Waals surface area contributed by atoms with Crippen LogP contribution in [-0.4, -0.2) is 47.5 Å². The maximum atomic E-state index is 13.2. The first kappa shape index (κ1) is 29.3. The number of nitrogens with zero attached hydrogens (tertiary/aromatic N) is 2. The van der Waals surface area contributed by atoms with Crippen LogP contribution in [0.2, 0.25) is 0 Å². The highest BCUT2D eigenvalue weighted by Crippen LogP contribution is 2.24. The number of amides is 2. The Morgan fingerprint density at radius 2 is 1.79 bits per heavy atom. The van der Waals surface area contributed by atoms with Gasteiger partial charge in [-0.3, -0.25) is 9.59 Å². The highest BCUT2D eigenvalue weighted by atomic mass is 16.7. The Morgan fingerprint density at radius 1 is 1.15 bits per heavy atom. The molecule has 34 heavy (non-hydrogen) atoms. The van der Waals surface area contributed by atoms with E-state index in [-0.39, 0.29) is 23.8 Å². The zero-order valence-corrected chi connectivity index (χ0v) is 21.4. The number of rotatable bonds is 17. The Morgan fingerprint density at radius 3 is 2.32 bits per heavy atom. The van der Waals surface area contributed by atoms with Crippen molar-refractivity contribution in [1.82, 2.24) is 15.3 Å². The van der Waals surface area contributed by atoms with Gasteiger partial charge in [-0.25, -0.2) is 0 Å². The minimum atomic E-state index is -0.392. The molecule has 1 aliphatic rings. The van der Waals surface area contributed by atoms with Crippen molar-refractivity contribution in [1.29, 1.82) is 0 Å². The van der Waals surface area contributed by atoms with Gasteiger partial charge in [-0.05, 0) is 51.0 Å². The van der Waals surface area contributed by atoms with E-state index in [9.17, 15) is 9.59 Å². The van der Waals surface area contributed by atoms with Crippen LogP contribution >= 0.6 is 0 Å². The van der Waals surface area contributed by atoms with Crippen LogP contribution in [0, 0.1) is 5.92 Å². The second-order valence-electron chi connectivity index (χ2n) is 9.39. The third kappa shape index (κ3) is 9.25. The van der Waals surface area contributed by atoms with Crippen molar-refractivity contribution in [3.63, 3.8) is 0 Å². The van der Waals surface area contributed by atoms with E-state index in [0.717, 1.165) is 37.8 Å². The maximum absolute atomic E-state index is 13.2. The molecule has 0 spiro atoms. The fraction of sp³-hybridized carbons (Fsp3) is 0.615. The highest BCUT2D eigenvalue weighted by molar-refractivity contribution is 5.82. The van der Waals surface area contributed by atoms with Crippen LogP contribution in [0.25, 0.3) is 0 Å². The summed E-state index contributed by atoms with van der Waals surface area (Å²) in [6, 6.07) is -0.632. The quantitative estimate of drug-likeness (QED) is 0.218. The largest absolute Gasteiger partial charge is 0.401 e. The van der Waals surface area contributed by atoms with Crippen molar-refractivity contribution in [3.05, 3.63) is 49.2 Å². The fourth-order valence-electron chi connectivity index (χ4n) is 3.88. The number of hydrogen-bond acceptors (Lipinski definition) is 6. The van der Waals surface area contributed by atoms with Gasteiger partial charge in [-0.2, -0.15) is 0 Å². The molecule has 0 radical (unpaired) electrons. The van der Waals surface area contributed by atoms with Crippen molar-refractivity contribution in [2.45, 2.75) is 83.7 Å². The van der Waals surface area contributed by atoms with Crippen LogP contribution in [0.15, 0.2) is 49.2 Å². The first-order valence-electron chi connectivity index (χ1n) is 12.2. The summed E-state index contributed by atoms with van der Waals surface area (Å²) in [4.78, 5) is 32.2. The number of nitrogens with one attached hydrogen (secondary N) is 1. The topological polar surface area (TPSA) is 114 Å². The van der Waals surface area contributed by atoms with Crippen LogP contribution in [0.4, 0.5) is 0 Å². The van der Waals surface area contributed by atoms with Gasteiger partial charge in [0.15, 0.2) is 0 Å². The van der Waals surface area contributed by atoms with Crippen LogP contribution in [0.5, 0.6) is 0 Å². The second-order valence-corrected chi connectivity index (χ2v) is 9.39. The van der Waals surface area contributed by atoms with Crippen LogP contribution in [-0.2, 0) is 14.4 Å². The molecule has 0 aromatic heterocycles. The number of carbonyl (C=O) groups is 2. The molecule has 0 aliphatic carbocycles. The number of unbranched alkanes of at least 4 members (excludes halogenated alkanes) is 2. The van der Waals surface area contributed by atoms with Gasteiger partial charge in [0.05, 0.1) is 11.7 Å². The summed E-state index contributed by atoms with van der Waals surface area (Å²) in [5, 5.41) is 4.59. The smallest absolute Gasteiger partial charge is 0.260 e. The molecule has 192 valence electrons. The monoisotopic (exact) mass is 475 g/mol. The molecule has 0 bridgehead atoms. The Labute approximate surface area is 205 Å². The number of carbonyl (C=O) groups excluding carboxylic acids is 2. The number of nitrogens with two attached hydrogens (primary N) is 2. The molecule has 1 aliphatic heterocycles. The Bertz CT molecular complexity index is 746. The molecule has 0 saturated carbocycles. The molecule has 1 rings (SSSR count). The number of hydroxylamine groups is 2. The van der Waals surface area contributed by atoms with Crippen molar-refractivity contribution >= 4 is 11.8 Å². The average molecular weight is 476 g/mol.